The van der Waals surface area contributed by atoms with E-state index in [1.165, 1.54) is 43.4 Å². The number of nitrogens with one attached hydrogen (secondary N) is 1. The van der Waals surface area contributed by atoms with Crippen LogP contribution in [0.4, 0.5) is 5.13 Å². The van der Waals surface area contributed by atoms with E-state index >= 15 is 0 Å². The van der Waals surface area contributed by atoms with Gasteiger partial charge in [-0.15, -0.1) is 10.2 Å². The molecule has 1 aromatic heterocycles. The van der Waals surface area contributed by atoms with Crippen LogP contribution in [0.1, 0.15) is 53.4 Å². The smallest absolute Gasteiger partial charge is 0.257 e. The number of benzene rings is 1. The van der Waals surface area contributed by atoms with Crippen LogP contribution < -0.4 is 14.8 Å². The first-order chi connectivity index (χ1) is 11.3. The van der Waals surface area contributed by atoms with Crippen LogP contribution >= 0.6 is 11.3 Å². The van der Waals surface area contributed by atoms with Crippen LogP contribution in [0.15, 0.2) is 18.2 Å². The molecule has 2 aromatic rings. The van der Waals surface area contributed by atoms with Gasteiger partial charge in [0.2, 0.25) is 11.9 Å². The molecule has 0 spiro atoms. The number of anilines is 1. The number of aromatic nitrogens is 2. The van der Waals surface area contributed by atoms with Gasteiger partial charge >= 0.3 is 0 Å². The molecule has 1 aliphatic carbocycles. The third-order valence-corrected chi connectivity index (χ3v) is 5.25. The average Bonchev–Trinajstić information content (AvgIpc) is 3.24. The lowest BCUT2D eigenvalue weighted by molar-refractivity contribution is 0.102. The van der Waals surface area contributed by atoms with Crippen molar-refractivity contribution in [2.24, 2.45) is 0 Å². The standard InChI is InChI=1S/C16H17N3O3S/c20-14(11-6-7-12-13(8-11)22-9-21-12)17-16-19-18-15(23-16)10-4-2-1-3-5-10/h6-8,10H,1-5,9H2,(H,17,19,20). The van der Waals surface area contributed by atoms with E-state index in [4.69, 9.17) is 9.47 Å². The third-order valence-electron chi connectivity index (χ3n) is 4.25. The van der Waals surface area contributed by atoms with Crippen molar-refractivity contribution in [1.29, 1.82) is 0 Å². The quantitative estimate of drug-likeness (QED) is 0.931. The van der Waals surface area contributed by atoms with Gasteiger partial charge in [0.05, 0.1) is 0 Å². The number of amides is 1. The van der Waals surface area contributed by atoms with Crippen LogP contribution in [-0.2, 0) is 0 Å². The van der Waals surface area contributed by atoms with Crippen LogP contribution in [0.3, 0.4) is 0 Å². The number of rotatable bonds is 3. The maximum Gasteiger partial charge on any atom is 0.257 e. The van der Waals surface area contributed by atoms with Gasteiger partial charge in [0.1, 0.15) is 5.01 Å². The minimum absolute atomic E-state index is 0.196. The SMILES string of the molecule is O=C(Nc1nnc(C2CCCCC2)s1)c1ccc2c(c1)OCO2. The zero-order valence-corrected chi connectivity index (χ0v) is 13.4. The number of carbonyl (C=O) groups excluding carboxylic acids is 1. The summed E-state index contributed by atoms with van der Waals surface area (Å²) in [6.07, 6.45) is 6.16. The topological polar surface area (TPSA) is 73.3 Å². The third kappa shape index (κ3) is 3.01. The minimum Gasteiger partial charge on any atom is -0.454 e. The van der Waals surface area contributed by atoms with Crippen molar-refractivity contribution in [1.82, 2.24) is 10.2 Å². The molecular formula is C16H17N3O3S. The highest BCUT2D eigenvalue weighted by Crippen LogP contribution is 2.36. The van der Waals surface area contributed by atoms with Gasteiger partial charge in [-0.25, -0.2) is 0 Å². The molecule has 4 rings (SSSR count). The van der Waals surface area contributed by atoms with Crippen molar-refractivity contribution >= 4 is 22.4 Å². The highest BCUT2D eigenvalue weighted by molar-refractivity contribution is 7.15. The Labute approximate surface area is 137 Å². The fraction of sp³-hybridized carbons (Fsp3) is 0.438. The first-order valence-corrected chi connectivity index (χ1v) is 8.65. The molecular weight excluding hydrogens is 314 g/mol. The molecule has 0 atom stereocenters. The van der Waals surface area contributed by atoms with Crippen molar-refractivity contribution in [2.75, 3.05) is 12.1 Å². The Hall–Kier alpha value is -2.15. The summed E-state index contributed by atoms with van der Waals surface area (Å²) < 4.78 is 10.5. The molecule has 1 aliphatic heterocycles. The number of ether oxygens (including phenoxy) is 2. The average molecular weight is 331 g/mol. The van der Waals surface area contributed by atoms with E-state index in [-0.39, 0.29) is 12.7 Å². The molecule has 1 aromatic carbocycles. The molecule has 1 amide bonds. The van der Waals surface area contributed by atoms with Gasteiger partial charge in [0, 0.05) is 11.5 Å². The molecule has 1 fully saturated rings. The zero-order valence-electron chi connectivity index (χ0n) is 12.6. The molecule has 2 aliphatic rings. The molecule has 23 heavy (non-hydrogen) atoms. The van der Waals surface area contributed by atoms with E-state index in [1.54, 1.807) is 18.2 Å². The second-order valence-electron chi connectivity index (χ2n) is 5.80. The summed E-state index contributed by atoms with van der Waals surface area (Å²) in [7, 11) is 0. The summed E-state index contributed by atoms with van der Waals surface area (Å²) in [5.74, 6) is 1.54. The fourth-order valence-electron chi connectivity index (χ4n) is 3.01. The number of nitrogens with zero attached hydrogens (tertiary/aromatic N) is 2. The van der Waals surface area contributed by atoms with Gasteiger partial charge in [-0.2, -0.15) is 0 Å². The Balaban J connectivity index is 1.45. The lowest BCUT2D eigenvalue weighted by Gasteiger charge is -2.18. The maximum absolute atomic E-state index is 12.3. The van der Waals surface area contributed by atoms with Gasteiger partial charge in [0.15, 0.2) is 11.5 Å². The van der Waals surface area contributed by atoms with Crippen LogP contribution in [0.5, 0.6) is 11.5 Å². The molecule has 2 heterocycles. The minimum atomic E-state index is -0.213. The van der Waals surface area contributed by atoms with Crippen molar-refractivity contribution in [3.63, 3.8) is 0 Å². The van der Waals surface area contributed by atoms with Gasteiger partial charge in [-0.1, -0.05) is 30.6 Å². The first-order valence-electron chi connectivity index (χ1n) is 7.84. The number of hydrogen-bond acceptors (Lipinski definition) is 6. The van der Waals surface area contributed by atoms with E-state index in [9.17, 15) is 4.79 Å². The zero-order chi connectivity index (χ0) is 15.6. The molecule has 1 saturated carbocycles. The Bertz CT molecular complexity index is 725. The maximum atomic E-state index is 12.3. The van der Waals surface area contributed by atoms with Gasteiger partial charge in [0.25, 0.3) is 5.91 Å². The molecule has 120 valence electrons. The number of hydrogen-bond donors (Lipinski definition) is 1. The largest absolute Gasteiger partial charge is 0.454 e. The predicted octanol–water partition coefficient (Wildman–Crippen LogP) is 3.57. The van der Waals surface area contributed by atoms with Crippen LogP contribution in [0.2, 0.25) is 0 Å². The molecule has 1 N–H and O–H groups in total. The molecule has 0 saturated heterocycles. The molecule has 0 radical (unpaired) electrons. The summed E-state index contributed by atoms with van der Waals surface area (Å²) in [6, 6.07) is 5.14. The lowest BCUT2D eigenvalue weighted by atomic mass is 9.90. The van der Waals surface area contributed by atoms with Gasteiger partial charge in [-0.05, 0) is 31.0 Å². The molecule has 0 unspecified atom stereocenters. The van der Waals surface area contributed by atoms with E-state index in [1.807, 2.05) is 0 Å². The Morgan fingerprint density at radius 1 is 1.13 bits per heavy atom. The number of carbonyl (C=O) groups is 1. The highest BCUT2D eigenvalue weighted by atomic mass is 32.1. The van der Waals surface area contributed by atoms with Gasteiger partial charge < -0.3 is 9.47 Å². The number of fused-ring (bicyclic) bond motifs is 1. The van der Waals surface area contributed by atoms with E-state index < -0.39 is 0 Å². The van der Waals surface area contributed by atoms with Crippen LogP contribution in [-0.4, -0.2) is 22.9 Å². The van der Waals surface area contributed by atoms with E-state index in [0.29, 0.717) is 28.1 Å². The second kappa shape index (κ2) is 6.16. The normalized spacial score (nSPS) is 17.2. The van der Waals surface area contributed by atoms with Gasteiger partial charge in [-0.3, -0.25) is 10.1 Å². The van der Waals surface area contributed by atoms with Crippen LogP contribution in [0, 0.1) is 0 Å². The Morgan fingerprint density at radius 3 is 2.83 bits per heavy atom. The van der Waals surface area contributed by atoms with Crippen molar-refractivity contribution in [3.05, 3.63) is 28.8 Å². The Kier molecular flexibility index (Phi) is 3.87. The lowest BCUT2D eigenvalue weighted by Crippen LogP contribution is -2.11. The molecule has 0 bridgehead atoms. The van der Waals surface area contributed by atoms with E-state index in [0.717, 1.165) is 5.01 Å². The second-order valence-corrected chi connectivity index (χ2v) is 6.81. The summed E-state index contributed by atoms with van der Waals surface area (Å²) in [6.45, 7) is 0.196. The fourth-order valence-corrected chi connectivity index (χ4v) is 3.91. The predicted molar refractivity (Wildman–Crippen MR) is 86.3 cm³/mol. The van der Waals surface area contributed by atoms with Crippen molar-refractivity contribution in [2.45, 2.75) is 38.0 Å². The molecule has 7 heteroatoms. The summed E-state index contributed by atoms with van der Waals surface area (Å²) in [5, 5.41) is 12.8. The van der Waals surface area contributed by atoms with E-state index in [2.05, 4.69) is 15.5 Å². The summed E-state index contributed by atoms with van der Waals surface area (Å²) in [5.41, 5.74) is 0.517. The van der Waals surface area contributed by atoms with Crippen LogP contribution in [0.25, 0.3) is 0 Å². The summed E-state index contributed by atoms with van der Waals surface area (Å²) >= 11 is 1.48. The Morgan fingerprint density at radius 2 is 1.96 bits per heavy atom. The van der Waals surface area contributed by atoms with Crippen molar-refractivity contribution < 1.29 is 14.3 Å². The van der Waals surface area contributed by atoms with Crippen molar-refractivity contribution in [3.8, 4) is 11.5 Å². The molecule has 6 nitrogen and oxygen atoms in total. The highest BCUT2D eigenvalue weighted by Gasteiger charge is 2.21. The monoisotopic (exact) mass is 331 g/mol. The summed E-state index contributed by atoms with van der Waals surface area (Å²) in [4.78, 5) is 12.3. The first kappa shape index (κ1) is 14.4.